The van der Waals surface area contributed by atoms with Gasteiger partial charge in [0.2, 0.25) is 5.95 Å². The Morgan fingerprint density at radius 1 is 1.29 bits per heavy atom. The van der Waals surface area contributed by atoms with Crippen LogP contribution in [-0.2, 0) is 6.54 Å². The van der Waals surface area contributed by atoms with Crippen LogP contribution in [0, 0.1) is 0 Å². The summed E-state index contributed by atoms with van der Waals surface area (Å²) < 4.78 is 7.31. The summed E-state index contributed by atoms with van der Waals surface area (Å²) in [6.45, 7) is 0.506. The first kappa shape index (κ1) is 15.8. The number of benzene rings is 1. The molecule has 2 aliphatic rings. The van der Waals surface area contributed by atoms with Crippen molar-refractivity contribution in [3.8, 4) is 17.3 Å². The number of carboxylic acids is 1. The fraction of sp³-hybridized carbons (Fsp3) is 0.235. The number of carboxylic acid groups (broad SMARTS) is 1. The van der Waals surface area contributed by atoms with Crippen molar-refractivity contribution in [2.45, 2.75) is 6.54 Å². The zero-order valence-corrected chi connectivity index (χ0v) is 13.7. The average molecular weight is 326 g/mol. The molecule has 3 rings (SSSR count). The summed E-state index contributed by atoms with van der Waals surface area (Å²) in [5.41, 5.74) is 1.87. The Morgan fingerprint density at radius 3 is 2.75 bits per heavy atom. The van der Waals surface area contributed by atoms with Crippen molar-refractivity contribution in [1.82, 2.24) is 14.5 Å². The number of fused-ring (bicyclic) bond motifs is 1. The number of hydrogen-bond donors (Lipinski definition) is 1. The Labute approximate surface area is 139 Å². The number of carbonyl (C=O) groups is 1. The van der Waals surface area contributed by atoms with Crippen LogP contribution in [0.2, 0.25) is 0 Å². The third-order valence-corrected chi connectivity index (χ3v) is 3.72. The van der Waals surface area contributed by atoms with Gasteiger partial charge in [-0.15, -0.1) is 0 Å². The first-order valence-corrected chi connectivity index (χ1v) is 7.40. The number of imidazole rings is 1. The SMILES string of the molecule is COc1cc(C(=O)O)ccc1Cn1cccc2nc(N(C)C)nc1-2. The summed E-state index contributed by atoms with van der Waals surface area (Å²) in [5, 5.41) is 9.10. The Bertz CT molecular complexity index is 857. The maximum absolute atomic E-state index is 11.1. The Balaban J connectivity index is 2.00. The molecule has 0 fully saturated rings. The standard InChI is InChI=1S/C17H18N4O3/c1-20(2)17-18-13-5-4-8-21(15(13)19-17)10-12-7-6-11(16(22)23)9-14(12)24-3/h4-9H,10H2,1-3H3,(H,22,23). The van der Waals surface area contributed by atoms with Crippen LogP contribution < -0.4 is 9.64 Å². The predicted octanol–water partition coefficient (Wildman–Crippen LogP) is 2.20. The van der Waals surface area contributed by atoms with Crippen molar-refractivity contribution in [2.24, 2.45) is 0 Å². The van der Waals surface area contributed by atoms with Crippen molar-refractivity contribution in [2.75, 3.05) is 26.1 Å². The summed E-state index contributed by atoms with van der Waals surface area (Å²) in [6.07, 6.45) is 1.92. The van der Waals surface area contributed by atoms with Crippen LogP contribution in [0.4, 0.5) is 5.95 Å². The summed E-state index contributed by atoms with van der Waals surface area (Å²) in [5.74, 6) is 0.975. The van der Waals surface area contributed by atoms with Crippen LogP contribution >= 0.6 is 0 Å². The third kappa shape index (κ3) is 2.88. The number of aromatic nitrogens is 3. The fourth-order valence-electron chi connectivity index (χ4n) is 2.49. The summed E-state index contributed by atoms with van der Waals surface area (Å²) in [7, 11) is 5.32. The van der Waals surface area contributed by atoms with Gasteiger partial charge in [-0.25, -0.2) is 9.78 Å². The van der Waals surface area contributed by atoms with Crippen LogP contribution in [0.15, 0.2) is 36.5 Å². The Kier molecular flexibility index (Phi) is 4.07. The van der Waals surface area contributed by atoms with Crippen LogP contribution in [0.1, 0.15) is 15.9 Å². The van der Waals surface area contributed by atoms with Crippen LogP contribution in [0.25, 0.3) is 11.5 Å². The second-order valence-corrected chi connectivity index (χ2v) is 5.59. The number of hydrogen-bond acceptors (Lipinski definition) is 5. The second-order valence-electron chi connectivity index (χ2n) is 5.59. The minimum Gasteiger partial charge on any atom is -0.496 e. The van der Waals surface area contributed by atoms with Crippen molar-refractivity contribution >= 4 is 11.9 Å². The molecule has 2 aliphatic heterocycles. The van der Waals surface area contributed by atoms with Gasteiger partial charge in [-0.3, -0.25) is 0 Å². The molecular formula is C17H18N4O3. The first-order valence-electron chi connectivity index (χ1n) is 7.40. The second kappa shape index (κ2) is 6.19. The zero-order chi connectivity index (χ0) is 17.3. The van der Waals surface area contributed by atoms with Gasteiger partial charge in [0.15, 0.2) is 5.82 Å². The topological polar surface area (TPSA) is 80.5 Å². The van der Waals surface area contributed by atoms with E-state index in [0.29, 0.717) is 18.2 Å². The van der Waals surface area contributed by atoms with Gasteiger partial charge in [-0.2, -0.15) is 4.98 Å². The molecule has 124 valence electrons. The molecular weight excluding hydrogens is 308 g/mol. The maximum Gasteiger partial charge on any atom is 0.335 e. The summed E-state index contributed by atoms with van der Waals surface area (Å²) >= 11 is 0. The van der Waals surface area contributed by atoms with Crippen LogP contribution in [0.5, 0.6) is 5.75 Å². The van der Waals surface area contributed by atoms with Gasteiger partial charge in [0.25, 0.3) is 0 Å². The number of pyridine rings is 1. The molecule has 7 heteroatoms. The Morgan fingerprint density at radius 2 is 2.08 bits per heavy atom. The number of aromatic carboxylic acids is 1. The highest BCUT2D eigenvalue weighted by atomic mass is 16.5. The molecule has 1 aromatic rings. The minimum absolute atomic E-state index is 0.196. The lowest BCUT2D eigenvalue weighted by Crippen LogP contribution is -2.10. The molecule has 0 aromatic heterocycles. The van der Waals surface area contributed by atoms with E-state index in [0.717, 1.165) is 17.1 Å². The number of anilines is 1. The van der Waals surface area contributed by atoms with Gasteiger partial charge in [0, 0.05) is 25.9 Å². The Hall–Kier alpha value is -3.09. The van der Waals surface area contributed by atoms with E-state index in [9.17, 15) is 4.79 Å². The van der Waals surface area contributed by atoms with E-state index < -0.39 is 5.97 Å². The van der Waals surface area contributed by atoms with E-state index in [1.807, 2.05) is 41.9 Å². The molecule has 1 N–H and O–H groups in total. The average Bonchev–Trinajstić information content (AvgIpc) is 3.00. The molecule has 24 heavy (non-hydrogen) atoms. The quantitative estimate of drug-likeness (QED) is 0.774. The molecule has 7 nitrogen and oxygen atoms in total. The molecule has 2 heterocycles. The summed E-state index contributed by atoms with van der Waals surface area (Å²) in [6, 6.07) is 8.69. The molecule has 0 saturated heterocycles. The molecule has 0 bridgehead atoms. The first-order chi connectivity index (χ1) is 11.5. The van der Waals surface area contributed by atoms with E-state index in [-0.39, 0.29) is 5.56 Å². The zero-order valence-electron chi connectivity index (χ0n) is 13.7. The predicted molar refractivity (Wildman–Crippen MR) is 90.0 cm³/mol. The van der Waals surface area contributed by atoms with Crippen molar-refractivity contribution < 1.29 is 14.6 Å². The van der Waals surface area contributed by atoms with E-state index in [2.05, 4.69) is 9.97 Å². The lowest BCUT2D eigenvalue weighted by Gasteiger charge is -2.13. The van der Waals surface area contributed by atoms with Crippen LogP contribution in [0.3, 0.4) is 0 Å². The highest BCUT2D eigenvalue weighted by Gasteiger charge is 2.16. The monoisotopic (exact) mass is 326 g/mol. The van der Waals surface area contributed by atoms with Gasteiger partial charge in [-0.05, 0) is 24.3 Å². The third-order valence-electron chi connectivity index (χ3n) is 3.72. The van der Waals surface area contributed by atoms with Crippen molar-refractivity contribution in [3.05, 3.63) is 47.7 Å². The van der Waals surface area contributed by atoms with Crippen LogP contribution in [-0.4, -0.2) is 46.8 Å². The van der Waals surface area contributed by atoms with E-state index in [1.54, 1.807) is 12.1 Å². The van der Waals surface area contributed by atoms with Crippen molar-refractivity contribution in [1.29, 1.82) is 0 Å². The van der Waals surface area contributed by atoms with Gasteiger partial charge in [-0.1, -0.05) is 6.07 Å². The lowest BCUT2D eigenvalue weighted by atomic mass is 10.1. The van der Waals surface area contributed by atoms with E-state index in [1.165, 1.54) is 13.2 Å². The molecule has 0 radical (unpaired) electrons. The van der Waals surface area contributed by atoms with Gasteiger partial charge in [0.1, 0.15) is 11.4 Å². The number of rotatable bonds is 5. The normalized spacial score (nSPS) is 10.8. The van der Waals surface area contributed by atoms with Gasteiger partial charge in [0.05, 0.1) is 19.2 Å². The van der Waals surface area contributed by atoms with E-state index >= 15 is 0 Å². The van der Waals surface area contributed by atoms with Gasteiger partial charge >= 0.3 is 5.97 Å². The number of nitrogens with zero attached hydrogens (tertiary/aromatic N) is 4. The lowest BCUT2D eigenvalue weighted by molar-refractivity contribution is 0.0696. The maximum atomic E-state index is 11.1. The molecule has 0 atom stereocenters. The summed E-state index contributed by atoms with van der Waals surface area (Å²) in [4.78, 5) is 22.0. The van der Waals surface area contributed by atoms with E-state index in [4.69, 9.17) is 9.84 Å². The molecule has 0 aliphatic carbocycles. The van der Waals surface area contributed by atoms with Crippen molar-refractivity contribution in [3.63, 3.8) is 0 Å². The molecule has 0 saturated carbocycles. The molecule has 0 spiro atoms. The highest BCUT2D eigenvalue weighted by molar-refractivity contribution is 5.88. The molecule has 0 amide bonds. The number of methoxy groups -OCH3 is 1. The number of ether oxygens (including phenoxy) is 1. The smallest absolute Gasteiger partial charge is 0.335 e. The molecule has 0 unspecified atom stereocenters. The fourth-order valence-corrected chi connectivity index (χ4v) is 2.49. The molecule has 1 aromatic carbocycles. The van der Waals surface area contributed by atoms with Gasteiger partial charge < -0.3 is 19.3 Å². The minimum atomic E-state index is -0.980. The largest absolute Gasteiger partial charge is 0.496 e. The highest BCUT2D eigenvalue weighted by Crippen LogP contribution is 2.26.